The van der Waals surface area contributed by atoms with Crippen molar-refractivity contribution in [1.29, 1.82) is 0 Å². The Kier molecular flexibility index (Phi) is 6.70. The lowest BCUT2D eigenvalue weighted by atomic mass is 10.2. The Labute approximate surface area is 152 Å². The number of nitrogens with one attached hydrogen (secondary N) is 1. The topological polar surface area (TPSA) is 75.7 Å². The zero-order valence-corrected chi connectivity index (χ0v) is 15.4. The van der Waals surface area contributed by atoms with E-state index in [9.17, 15) is 17.6 Å². The number of nitrogens with zero attached hydrogens (tertiary/aromatic N) is 1. The molecule has 0 fully saturated rings. The highest BCUT2D eigenvalue weighted by Crippen LogP contribution is 2.23. The molecule has 1 amide bonds. The van der Waals surface area contributed by atoms with Crippen molar-refractivity contribution < 1.29 is 22.3 Å². The van der Waals surface area contributed by atoms with Crippen LogP contribution in [0.2, 0.25) is 0 Å². The minimum atomic E-state index is -3.71. The number of sulfonamides is 1. The number of amides is 1. The molecule has 0 unspecified atom stereocenters. The Morgan fingerprint density at radius 1 is 1.15 bits per heavy atom. The molecule has 26 heavy (non-hydrogen) atoms. The van der Waals surface area contributed by atoms with Crippen LogP contribution in [0.3, 0.4) is 0 Å². The summed E-state index contributed by atoms with van der Waals surface area (Å²) in [7, 11) is -0.767. The van der Waals surface area contributed by atoms with Crippen molar-refractivity contribution in [3.8, 4) is 5.75 Å². The van der Waals surface area contributed by atoms with E-state index >= 15 is 0 Å². The van der Waals surface area contributed by atoms with E-state index in [1.807, 2.05) is 0 Å². The summed E-state index contributed by atoms with van der Waals surface area (Å²) in [6.07, 6.45) is 0.499. The maximum absolute atomic E-state index is 12.9. The summed E-state index contributed by atoms with van der Waals surface area (Å²) in [4.78, 5) is 12.1. The van der Waals surface area contributed by atoms with E-state index in [-0.39, 0.29) is 23.8 Å². The number of methoxy groups -OCH3 is 1. The third-order valence-corrected chi connectivity index (χ3v) is 5.65. The highest BCUT2D eigenvalue weighted by molar-refractivity contribution is 7.89. The molecule has 2 aromatic rings. The zero-order chi connectivity index (χ0) is 19.2. The van der Waals surface area contributed by atoms with Crippen molar-refractivity contribution in [2.45, 2.75) is 17.7 Å². The first-order chi connectivity index (χ1) is 12.3. The average molecular weight is 380 g/mol. The zero-order valence-electron chi connectivity index (χ0n) is 14.6. The molecule has 8 heteroatoms. The van der Waals surface area contributed by atoms with E-state index in [0.29, 0.717) is 17.9 Å². The average Bonchev–Trinajstić information content (AvgIpc) is 2.62. The molecular weight excluding hydrogens is 359 g/mol. The van der Waals surface area contributed by atoms with Crippen LogP contribution < -0.4 is 10.1 Å². The molecule has 0 aliphatic heterocycles. The van der Waals surface area contributed by atoms with Gasteiger partial charge < -0.3 is 10.1 Å². The third-order valence-electron chi connectivity index (χ3n) is 3.78. The van der Waals surface area contributed by atoms with Crippen LogP contribution in [0.25, 0.3) is 0 Å². The van der Waals surface area contributed by atoms with Gasteiger partial charge in [0.05, 0.1) is 17.7 Å². The summed E-state index contributed by atoms with van der Waals surface area (Å²) in [6.45, 7) is 0.166. The maximum Gasteiger partial charge on any atom is 0.242 e. The van der Waals surface area contributed by atoms with Crippen LogP contribution in [0.4, 0.5) is 10.1 Å². The Balaban J connectivity index is 1.88. The summed E-state index contributed by atoms with van der Waals surface area (Å²) in [5, 5.41) is 2.74. The van der Waals surface area contributed by atoms with Gasteiger partial charge in [0.25, 0.3) is 0 Å². The van der Waals surface area contributed by atoms with Crippen LogP contribution in [0.5, 0.6) is 5.75 Å². The van der Waals surface area contributed by atoms with Crippen molar-refractivity contribution in [2.24, 2.45) is 0 Å². The second-order valence-corrected chi connectivity index (χ2v) is 7.68. The molecule has 0 aliphatic rings. The van der Waals surface area contributed by atoms with Gasteiger partial charge in [0.1, 0.15) is 11.6 Å². The minimum absolute atomic E-state index is 0.0138. The molecule has 2 aromatic carbocycles. The number of ether oxygens (including phenoxy) is 1. The predicted octanol–water partition coefficient (Wildman–Crippen LogP) is 2.87. The second kappa shape index (κ2) is 8.77. The number of anilines is 1. The predicted molar refractivity (Wildman–Crippen MR) is 97.1 cm³/mol. The monoisotopic (exact) mass is 380 g/mol. The fourth-order valence-electron chi connectivity index (χ4n) is 2.33. The summed E-state index contributed by atoms with van der Waals surface area (Å²) in [6, 6.07) is 11.7. The van der Waals surface area contributed by atoms with Crippen LogP contribution in [0.15, 0.2) is 53.4 Å². The Bertz CT molecular complexity index is 854. The van der Waals surface area contributed by atoms with Crippen molar-refractivity contribution in [1.82, 2.24) is 4.31 Å². The maximum atomic E-state index is 12.9. The van der Waals surface area contributed by atoms with Gasteiger partial charge in [0, 0.05) is 20.0 Å². The Morgan fingerprint density at radius 3 is 2.46 bits per heavy atom. The number of hydrogen-bond donors (Lipinski definition) is 1. The number of rotatable bonds is 8. The van der Waals surface area contributed by atoms with E-state index in [2.05, 4.69) is 5.32 Å². The lowest BCUT2D eigenvalue weighted by molar-refractivity contribution is -0.116. The molecule has 1 N–H and O–H groups in total. The number of para-hydroxylation sites is 2. The minimum Gasteiger partial charge on any atom is -0.495 e. The first kappa shape index (κ1) is 19.9. The summed E-state index contributed by atoms with van der Waals surface area (Å²) < 4.78 is 44.0. The van der Waals surface area contributed by atoms with Crippen LogP contribution in [0.1, 0.15) is 12.8 Å². The summed E-state index contributed by atoms with van der Waals surface area (Å²) >= 11 is 0. The lowest BCUT2D eigenvalue weighted by Gasteiger charge is -2.17. The lowest BCUT2D eigenvalue weighted by Crippen LogP contribution is -2.28. The fraction of sp³-hybridized carbons (Fsp3) is 0.278. The van der Waals surface area contributed by atoms with Crippen molar-refractivity contribution >= 4 is 21.6 Å². The number of benzene rings is 2. The number of halogens is 1. The number of hydrogen-bond acceptors (Lipinski definition) is 4. The molecule has 0 bridgehead atoms. The number of carbonyl (C=O) groups excluding carboxylic acids is 1. The first-order valence-electron chi connectivity index (χ1n) is 7.99. The molecule has 0 spiro atoms. The highest BCUT2D eigenvalue weighted by atomic mass is 32.2. The molecule has 2 rings (SSSR count). The summed E-state index contributed by atoms with van der Waals surface area (Å²) in [5.41, 5.74) is 0.562. The molecule has 0 aromatic heterocycles. The van der Waals surface area contributed by atoms with Crippen LogP contribution in [-0.2, 0) is 14.8 Å². The van der Waals surface area contributed by atoms with Gasteiger partial charge in [-0.3, -0.25) is 4.79 Å². The van der Waals surface area contributed by atoms with Gasteiger partial charge >= 0.3 is 0 Å². The van der Waals surface area contributed by atoms with E-state index in [4.69, 9.17) is 4.74 Å². The third kappa shape index (κ3) is 5.03. The Morgan fingerprint density at radius 2 is 1.81 bits per heavy atom. The van der Waals surface area contributed by atoms with Gasteiger partial charge in [0.15, 0.2) is 0 Å². The fourth-order valence-corrected chi connectivity index (χ4v) is 3.54. The van der Waals surface area contributed by atoms with Gasteiger partial charge in [-0.2, -0.15) is 0 Å². The molecule has 0 saturated heterocycles. The largest absolute Gasteiger partial charge is 0.495 e. The number of carbonyl (C=O) groups is 1. The quantitative estimate of drug-likeness (QED) is 0.764. The van der Waals surface area contributed by atoms with Crippen molar-refractivity contribution in [2.75, 3.05) is 26.0 Å². The van der Waals surface area contributed by atoms with Gasteiger partial charge in [-0.1, -0.05) is 12.1 Å². The second-order valence-electron chi connectivity index (χ2n) is 5.63. The van der Waals surface area contributed by atoms with Gasteiger partial charge in [-0.05, 0) is 42.8 Å². The molecule has 0 saturated carbocycles. The van der Waals surface area contributed by atoms with Crippen LogP contribution in [-0.4, -0.2) is 39.3 Å². The van der Waals surface area contributed by atoms with E-state index < -0.39 is 15.8 Å². The van der Waals surface area contributed by atoms with E-state index in [0.717, 1.165) is 16.4 Å². The summed E-state index contributed by atoms with van der Waals surface area (Å²) in [5.74, 6) is -0.182. The van der Waals surface area contributed by atoms with Crippen molar-refractivity contribution in [3.63, 3.8) is 0 Å². The molecule has 0 aliphatic carbocycles. The molecule has 140 valence electrons. The molecule has 0 radical (unpaired) electrons. The van der Waals surface area contributed by atoms with Gasteiger partial charge in [-0.25, -0.2) is 17.1 Å². The van der Waals surface area contributed by atoms with Crippen molar-refractivity contribution in [3.05, 3.63) is 54.3 Å². The molecule has 0 atom stereocenters. The molecule has 6 nitrogen and oxygen atoms in total. The smallest absolute Gasteiger partial charge is 0.242 e. The SMILES string of the molecule is COc1ccccc1NC(=O)CCCN(C)S(=O)(=O)c1ccc(F)cc1. The first-order valence-corrected chi connectivity index (χ1v) is 9.43. The van der Waals surface area contributed by atoms with E-state index in [1.165, 1.54) is 26.3 Å². The van der Waals surface area contributed by atoms with Gasteiger partial charge in [0.2, 0.25) is 15.9 Å². The Hall–Kier alpha value is -2.45. The normalized spacial score (nSPS) is 11.4. The van der Waals surface area contributed by atoms with Gasteiger partial charge in [-0.15, -0.1) is 0 Å². The van der Waals surface area contributed by atoms with Crippen LogP contribution >= 0.6 is 0 Å². The standard InChI is InChI=1S/C18H21FN2O4S/c1-21(26(23,24)15-11-9-14(19)10-12-15)13-5-8-18(22)20-16-6-3-4-7-17(16)25-2/h3-4,6-7,9-12H,5,8,13H2,1-2H3,(H,20,22). The molecular formula is C18H21FN2O4S. The van der Waals surface area contributed by atoms with Crippen LogP contribution in [0, 0.1) is 5.82 Å². The molecule has 0 heterocycles. The highest BCUT2D eigenvalue weighted by Gasteiger charge is 2.20. The van der Waals surface area contributed by atoms with E-state index in [1.54, 1.807) is 24.3 Å².